The van der Waals surface area contributed by atoms with Crippen molar-refractivity contribution in [1.82, 2.24) is 20.6 Å². The molecule has 1 aromatic carbocycles. The van der Waals surface area contributed by atoms with E-state index in [9.17, 15) is 19.2 Å². The number of benzene rings is 1. The smallest absolute Gasteiger partial charge is 0.407 e. The van der Waals surface area contributed by atoms with Crippen LogP contribution in [0.15, 0.2) is 18.3 Å². The van der Waals surface area contributed by atoms with E-state index < -0.39 is 17.1 Å². The van der Waals surface area contributed by atoms with Gasteiger partial charge in [0.25, 0.3) is 0 Å². The number of alkyl carbamates (subject to hydrolysis) is 1. The predicted molar refractivity (Wildman–Crippen MR) is 149 cm³/mol. The molecule has 0 radical (unpaired) electrons. The number of hydrogen-bond donors (Lipinski definition) is 2. The van der Waals surface area contributed by atoms with Gasteiger partial charge < -0.3 is 20.3 Å². The van der Waals surface area contributed by atoms with Crippen LogP contribution in [-0.2, 0) is 16.1 Å². The van der Waals surface area contributed by atoms with Gasteiger partial charge in [-0.15, -0.1) is 0 Å². The first-order chi connectivity index (χ1) is 17.9. The first kappa shape index (κ1) is 28.0. The Morgan fingerprint density at radius 2 is 2.05 bits per heavy atom. The minimum atomic E-state index is -0.927. The molecule has 1 aliphatic carbocycles. The van der Waals surface area contributed by atoms with Crippen LogP contribution in [0.25, 0.3) is 11.4 Å². The molecule has 1 atom stereocenters. The lowest BCUT2D eigenvalue weighted by molar-refractivity contribution is -0.124. The molecular formula is C27H32FIN6O3. The highest BCUT2D eigenvalue weighted by molar-refractivity contribution is 14.1. The topological polar surface area (TPSA) is 120 Å². The fourth-order valence-corrected chi connectivity index (χ4v) is 4.90. The molecule has 2 N–H and O–H groups in total. The Balaban J connectivity index is 1.54. The molecule has 202 valence electrons. The maximum Gasteiger partial charge on any atom is 0.407 e. The lowest BCUT2D eigenvalue weighted by atomic mass is 10.1. The van der Waals surface area contributed by atoms with Crippen molar-refractivity contribution >= 4 is 40.4 Å². The van der Waals surface area contributed by atoms with E-state index in [4.69, 9.17) is 9.72 Å². The summed E-state index contributed by atoms with van der Waals surface area (Å²) in [5, 5.41) is 15.1. The van der Waals surface area contributed by atoms with Gasteiger partial charge in [0.05, 0.1) is 6.07 Å². The highest BCUT2D eigenvalue weighted by atomic mass is 127. The van der Waals surface area contributed by atoms with E-state index >= 15 is 0 Å². The molecule has 0 spiro atoms. The molecule has 4 rings (SSSR count). The zero-order valence-electron chi connectivity index (χ0n) is 22.0. The number of nitriles is 1. The summed E-state index contributed by atoms with van der Waals surface area (Å²) >= 11 is 2.09. The van der Waals surface area contributed by atoms with Gasteiger partial charge in [0.15, 0.2) is 5.82 Å². The molecule has 11 heteroatoms. The number of nitrogens with zero attached hydrogens (tertiary/aromatic N) is 4. The Bertz CT molecular complexity index is 1260. The monoisotopic (exact) mass is 634 g/mol. The van der Waals surface area contributed by atoms with Crippen molar-refractivity contribution in [3.63, 3.8) is 0 Å². The molecule has 38 heavy (non-hydrogen) atoms. The molecule has 1 saturated heterocycles. The number of anilines is 1. The average Bonchev–Trinajstić information content (AvgIpc) is 3.53. The summed E-state index contributed by atoms with van der Waals surface area (Å²) in [6, 6.07) is 5.39. The van der Waals surface area contributed by atoms with Gasteiger partial charge in [0.2, 0.25) is 5.91 Å². The normalized spacial score (nSPS) is 18.0. The molecule has 0 bridgehead atoms. The molecule has 1 unspecified atom stereocenters. The summed E-state index contributed by atoms with van der Waals surface area (Å²) in [6.07, 6.45) is 3.16. The van der Waals surface area contributed by atoms with Crippen LogP contribution >= 0.6 is 22.6 Å². The quantitative estimate of drug-likeness (QED) is 0.432. The number of carbonyl (C=O) groups excluding carboxylic acids is 2. The fraction of sp³-hybridized carbons (Fsp3) is 0.519. The Morgan fingerprint density at radius 3 is 2.68 bits per heavy atom. The second kappa shape index (κ2) is 11.0. The van der Waals surface area contributed by atoms with E-state index in [1.807, 2.05) is 26.8 Å². The van der Waals surface area contributed by atoms with E-state index in [-0.39, 0.29) is 24.2 Å². The van der Waals surface area contributed by atoms with Crippen LogP contribution in [0, 0.1) is 39.0 Å². The number of hydrogen-bond acceptors (Lipinski definition) is 7. The molecule has 9 nitrogen and oxygen atoms in total. The molecular weight excluding hydrogens is 602 g/mol. The molecule has 2 aromatic rings. The number of rotatable bonds is 7. The summed E-state index contributed by atoms with van der Waals surface area (Å²) in [5.41, 5.74) is 0.348. The van der Waals surface area contributed by atoms with E-state index in [0.717, 1.165) is 9.99 Å². The number of amides is 2. The second-order valence-electron chi connectivity index (χ2n) is 11.0. The predicted octanol–water partition coefficient (Wildman–Crippen LogP) is 4.47. The maximum absolute atomic E-state index is 14.5. The van der Waals surface area contributed by atoms with Crippen molar-refractivity contribution in [2.24, 2.45) is 11.3 Å². The van der Waals surface area contributed by atoms with E-state index in [0.29, 0.717) is 60.8 Å². The van der Waals surface area contributed by atoms with E-state index in [2.05, 4.69) is 49.2 Å². The summed E-state index contributed by atoms with van der Waals surface area (Å²) in [4.78, 5) is 36.1. The number of halogens is 2. The van der Waals surface area contributed by atoms with E-state index in [1.165, 1.54) is 6.07 Å². The molecule has 1 aliphatic heterocycles. The lowest BCUT2D eigenvalue weighted by Gasteiger charge is -2.23. The molecule has 2 heterocycles. The Hall–Kier alpha value is -3.01. The summed E-state index contributed by atoms with van der Waals surface area (Å²) in [5.74, 6) is 0.598. The lowest BCUT2D eigenvalue weighted by Crippen LogP contribution is -2.36. The van der Waals surface area contributed by atoms with Gasteiger partial charge in [0.1, 0.15) is 22.7 Å². The third kappa shape index (κ3) is 6.51. The molecule has 2 aliphatic rings. The van der Waals surface area contributed by atoms with Crippen molar-refractivity contribution in [1.29, 1.82) is 5.26 Å². The van der Waals surface area contributed by atoms with Gasteiger partial charge >= 0.3 is 6.09 Å². The zero-order valence-corrected chi connectivity index (χ0v) is 24.2. The van der Waals surface area contributed by atoms with Crippen molar-refractivity contribution in [2.45, 2.75) is 59.1 Å². The van der Waals surface area contributed by atoms with Crippen molar-refractivity contribution < 1.29 is 18.7 Å². The second-order valence-corrected chi connectivity index (χ2v) is 12.1. The van der Waals surface area contributed by atoms with Crippen LogP contribution in [0.5, 0.6) is 0 Å². The van der Waals surface area contributed by atoms with Crippen LogP contribution in [0.4, 0.5) is 15.0 Å². The van der Waals surface area contributed by atoms with Crippen molar-refractivity contribution in [3.05, 3.63) is 38.8 Å². The number of aromatic nitrogens is 2. The highest BCUT2D eigenvalue weighted by Crippen LogP contribution is 2.45. The average molecular weight is 634 g/mol. The fourth-order valence-electron chi connectivity index (χ4n) is 4.30. The van der Waals surface area contributed by atoms with Gasteiger partial charge in [0, 0.05) is 47.1 Å². The molecule has 2 amide bonds. The first-order valence-corrected chi connectivity index (χ1v) is 13.7. The van der Waals surface area contributed by atoms with Crippen LogP contribution in [0.1, 0.15) is 51.2 Å². The molecule has 2 fully saturated rings. The van der Waals surface area contributed by atoms with Gasteiger partial charge in [-0.2, -0.15) is 5.26 Å². The summed E-state index contributed by atoms with van der Waals surface area (Å²) in [7, 11) is 0. The van der Waals surface area contributed by atoms with E-state index in [1.54, 1.807) is 13.1 Å². The zero-order chi connectivity index (χ0) is 27.7. The van der Waals surface area contributed by atoms with Crippen molar-refractivity contribution in [2.75, 3.05) is 24.5 Å². The highest BCUT2D eigenvalue weighted by Gasteiger charge is 2.50. The Labute approximate surface area is 235 Å². The van der Waals surface area contributed by atoms with Crippen LogP contribution < -0.4 is 15.5 Å². The Kier molecular flexibility index (Phi) is 8.11. The van der Waals surface area contributed by atoms with Gasteiger partial charge in [-0.05, 0) is 93.2 Å². The number of nitrogens with one attached hydrogen (secondary N) is 2. The largest absolute Gasteiger partial charge is 0.444 e. The van der Waals surface area contributed by atoms with Crippen LogP contribution in [0.2, 0.25) is 0 Å². The minimum Gasteiger partial charge on any atom is -0.444 e. The van der Waals surface area contributed by atoms with Gasteiger partial charge in [-0.3, -0.25) is 4.79 Å². The SMILES string of the molecule is Cc1c(F)cc(-c2ncc(CNC(=O)C3(C#N)CC3)c(N3CCC(CNC(=O)OC(C)(C)C)C3)n2)cc1I. The van der Waals surface area contributed by atoms with Crippen molar-refractivity contribution in [3.8, 4) is 17.5 Å². The third-order valence-corrected chi connectivity index (χ3v) is 7.86. The van der Waals surface area contributed by atoms with Gasteiger partial charge in [-0.25, -0.2) is 19.2 Å². The maximum atomic E-state index is 14.5. The summed E-state index contributed by atoms with van der Waals surface area (Å²) < 4.78 is 20.6. The van der Waals surface area contributed by atoms with Crippen LogP contribution in [0.3, 0.4) is 0 Å². The standard InChI is InChI=1S/C27H32FIN6O3/c1-16-20(28)9-18(10-21(16)29)22-31-12-19(13-32-24(36)27(15-30)6-7-27)23(34-22)35-8-5-17(14-35)11-33-25(37)38-26(2,3)4/h9-10,12,17H,5-8,11,13-14H2,1-4H3,(H,32,36)(H,33,37). The number of carbonyl (C=O) groups is 2. The Morgan fingerprint density at radius 1 is 1.32 bits per heavy atom. The van der Waals surface area contributed by atoms with Crippen LogP contribution in [-0.4, -0.2) is 47.2 Å². The molecule has 1 saturated carbocycles. The third-order valence-electron chi connectivity index (χ3n) is 6.74. The first-order valence-electron chi connectivity index (χ1n) is 12.6. The molecule has 1 aromatic heterocycles. The minimum absolute atomic E-state index is 0.175. The number of ether oxygens (including phenoxy) is 1. The summed E-state index contributed by atoms with van der Waals surface area (Å²) in [6.45, 7) is 9.15. The van der Waals surface area contributed by atoms with Gasteiger partial charge in [-0.1, -0.05) is 0 Å².